The maximum Gasteiger partial charge on any atom is 0.331 e. The molecule has 0 aromatic heterocycles. The molecule has 0 bridgehead atoms. The van der Waals surface area contributed by atoms with E-state index >= 15 is 0 Å². The van der Waals surface area contributed by atoms with E-state index in [0.717, 1.165) is 0 Å². The molecule has 0 heterocycles. The van der Waals surface area contributed by atoms with E-state index in [1.165, 1.54) is 20.1 Å². The van der Waals surface area contributed by atoms with Crippen molar-refractivity contribution in [2.24, 2.45) is 0 Å². The largest absolute Gasteiger partial charge is 0.493 e. The number of esters is 1. The predicted octanol–water partition coefficient (Wildman–Crippen LogP) is 4.50. The smallest absolute Gasteiger partial charge is 0.331 e. The van der Waals surface area contributed by atoms with Gasteiger partial charge in [-0.05, 0) is 55.0 Å². The third-order valence-electron chi connectivity index (χ3n) is 3.73. The van der Waals surface area contributed by atoms with Crippen LogP contribution in [0, 0.1) is 0 Å². The first-order chi connectivity index (χ1) is 13.9. The zero-order valence-corrected chi connectivity index (χ0v) is 16.9. The molecule has 7 heteroatoms. The number of hydrogen-bond donors (Lipinski definition) is 1. The summed E-state index contributed by atoms with van der Waals surface area (Å²) in [7, 11) is 1.53. The minimum atomic E-state index is -0.966. The monoisotopic (exact) mass is 415 g/mol. The molecule has 0 unspecified atom stereocenters. The molecule has 29 heavy (non-hydrogen) atoms. The summed E-state index contributed by atoms with van der Waals surface area (Å²) in [6, 6.07) is 11.8. The first-order valence-electron chi connectivity index (χ1n) is 8.79. The van der Waals surface area contributed by atoms with E-state index in [0.29, 0.717) is 34.4 Å². The Morgan fingerprint density at radius 1 is 1.17 bits per heavy atom. The van der Waals surface area contributed by atoms with Crippen molar-refractivity contribution in [1.29, 1.82) is 0 Å². The van der Waals surface area contributed by atoms with E-state index in [2.05, 4.69) is 11.9 Å². The molecule has 0 saturated heterocycles. The van der Waals surface area contributed by atoms with Crippen molar-refractivity contribution in [3.63, 3.8) is 0 Å². The van der Waals surface area contributed by atoms with Crippen LogP contribution in [0.1, 0.15) is 12.5 Å². The van der Waals surface area contributed by atoms with Gasteiger partial charge in [-0.3, -0.25) is 4.79 Å². The van der Waals surface area contributed by atoms with Gasteiger partial charge in [-0.2, -0.15) is 0 Å². The Hall–Kier alpha value is -3.25. The van der Waals surface area contributed by atoms with Crippen molar-refractivity contribution in [1.82, 2.24) is 0 Å². The molecule has 0 aliphatic rings. The number of carbonyl (C=O) groups excluding carboxylic acids is 2. The van der Waals surface area contributed by atoms with Crippen LogP contribution in [-0.2, 0) is 14.3 Å². The van der Waals surface area contributed by atoms with Crippen LogP contribution < -0.4 is 14.8 Å². The van der Waals surface area contributed by atoms with Gasteiger partial charge in [0.1, 0.15) is 6.61 Å². The number of nitrogens with one attached hydrogen (secondary N) is 1. The molecular formula is C22H22ClNO5. The van der Waals surface area contributed by atoms with E-state index in [-0.39, 0.29) is 0 Å². The highest BCUT2D eigenvalue weighted by Gasteiger charge is 2.16. The molecule has 0 fully saturated rings. The molecular weight excluding hydrogens is 394 g/mol. The Kier molecular flexibility index (Phi) is 8.30. The summed E-state index contributed by atoms with van der Waals surface area (Å²) in [6.07, 6.45) is 3.47. The van der Waals surface area contributed by atoms with Crippen LogP contribution in [-0.4, -0.2) is 31.7 Å². The summed E-state index contributed by atoms with van der Waals surface area (Å²) in [5.41, 5.74) is 1.27. The molecule has 6 nitrogen and oxygen atoms in total. The number of hydrogen-bond acceptors (Lipinski definition) is 5. The Morgan fingerprint density at radius 3 is 2.55 bits per heavy atom. The number of carbonyl (C=O) groups is 2. The summed E-state index contributed by atoms with van der Waals surface area (Å²) in [5, 5.41) is 3.21. The van der Waals surface area contributed by atoms with Crippen LogP contribution in [0.5, 0.6) is 11.5 Å². The maximum atomic E-state index is 12.1. The minimum absolute atomic E-state index is 0.355. The Bertz CT molecular complexity index is 893. The van der Waals surface area contributed by atoms with Gasteiger partial charge in [0.15, 0.2) is 17.6 Å². The highest BCUT2D eigenvalue weighted by atomic mass is 35.5. The lowest BCUT2D eigenvalue weighted by atomic mass is 10.2. The van der Waals surface area contributed by atoms with Crippen LogP contribution in [0.2, 0.25) is 5.02 Å². The van der Waals surface area contributed by atoms with Crippen LogP contribution in [0.15, 0.2) is 61.2 Å². The van der Waals surface area contributed by atoms with Crippen molar-refractivity contribution < 1.29 is 23.8 Å². The Labute approximate surface area is 174 Å². The van der Waals surface area contributed by atoms with Crippen molar-refractivity contribution in [2.75, 3.05) is 19.0 Å². The van der Waals surface area contributed by atoms with Crippen molar-refractivity contribution in [2.45, 2.75) is 13.0 Å². The molecule has 0 radical (unpaired) electrons. The second-order valence-corrected chi connectivity index (χ2v) is 6.36. The Morgan fingerprint density at radius 2 is 1.90 bits per heavy atom. The summed E-state index contributed by atoms with van der Waals surface area (Å²) in [4.78, 5) is 24.1. The average Bonchev–Trinajstić information content (AvgIpc) is 2.72. The van der Waals surface area contributed by atoms with Gasteiger partial charge >= 0.3 is 5.97 Å². The highest BCUT2D eigenvalue weighted by molar-refractivity contribution is 6.30. The van der Waals surface area contributed by atoms with Crippen LogP contribution in [0.4, 0.5) is 5.69 Å². The zero-order chi connectivity index (χ0) is 21.2. The molecule has 0 aliphatic heterocycles. The van der Waals surface area contributed by atoms with E-state index in [1.54, 1.807) is 54.6 Å². The van der Waals surface area contributed by atoms with Crippen LogP contribution in [0.3, 0.4) is 0 Å². The SMILES string of the molecule is C=CCOc1ccc(/C=C/C(=O)O[C@H](C)C(=O)Nc2ccc(Cl)cc2)cc1OC. The predicted molar refractivity (Wildman–Crippen MR) is 113 cm³/mol. The van der Waals surface area contributed by atoms with E-state index in [4.69, 9.17) is 25.8 Å². The topological polar surface area (TPSA) is 73.9 Å². The summed E-state index contributed by atoms with van der Waals surface area (Å²) in [5.74, 6) is 0.00636. The van der Waals surface area contributed by atoms with Crippen molar-refractivity contribution in [3.05, 3.63) is 71.8 Å². The molecule has 152 valence electrons. The molecule has 0 aliphatic carbocycles. The third-order valence-corrected chi connectivity index (χ3v) is 3.98. The first kappa shape index (κ1) is 22.0. The van der Waals surface area contributed by atoms with E-state index in [9.17, 15) is 9.59 Å². The van der Waals surface area contributed by atoms with Crippen molar-refractivity contribution in [3.8, 4) is 11.5 Å². The van der Waals surface area contributed by atoms with Gasteiger partial charge in [-0.15, -0.1) is 0 Å². The minimum Gasteiger partial charge on any atom is -0.493 e. The molecule has 2 rings (SSSR count). The van der Waals surface area contributed by atoms with Crippen molar-refractivity contribution >= 4 is 35.2 Å². The molecule has 1 N–H and O–H groups in total. The molecule has 0 saturated carbocycles. The molecule has 2 aromatic carbocycles. The summed E-state index contributed by atoms with van der Waals surface area (Å²) < 4.78 is 15.9. The number of anilines is 1. The van der Waals surface area contributed by atoms with Gasteiger partial charge in [0.05, 0.1) is 7.11 Å². The second-order valence-electron chi connectivity index (χ2n) is 5.92. The number of methoxy groups -OCH3 is 1. The normalized spacial score (nSPS) is 11.6. The van der Waals surface area contributed by atoms with E-state index in [1.807, 2.05) is 0 Å². The molecule has 1 amide bonds. The van der Waals surface area contributed by atoms with Gasteiger partial charge in [0.25, 0.3) is 5.91 Å². The number of benzene rings is 2. The fourth-order valence-corrected chi connectivity index (χ4v) is 2.39. The highest BCUT2D eigenvalue weighted by Crippen LogP contribution is 2.28. The third kappa shape index (κ3) is 7.01. The number of rotatable bonds is 9. The lowest BCUT2D eigenvalue weighted by molar-refractivity contribution is -0.148. The average molecular weight is 416 g/mol. The summed E-state index contributed by atoms with van der Waals surface area (Å²) >= 11 is 5.81. The van der Waals surface area contributed by atoms with Crippen LogP contribution >= 0.6 is 11.6 Å². The summed E-state index contributed by atoms with van der Waals surface area (Å²) in [6.45, 7) is 5.45. The molecule has 0 spiro atoms. The fourth-order valence-electron chi connectivity index (χ4n) is 2.26. The van der Waals surface area contributed by atoms with Gasteiger partial charge in [0.2, 0.25) is 0 Å². The lowest BCUT2D eigenvalue weighted by Gasteiger charge is -2.12. The maximum absolute atomic E-state index is 12.1. The molecule has 2 aromatic rings. The number of amides is 1. The zero-order valence-electron chi connectivity index (χ0n) is 16.2. The van der Waals surface area contributed by atoms with Gasteiger partial charge in [-0.25, -0.2) is 4.79 Å². The first-order valence-corrected chi connectivity index (χ1v) is 9.17. The van der Waals surface area contributed by atoms with Gasteiger partial charge in [0, 0.05) is 16.8 Å². The standard InChI is InChI=1S/C22H22ClNO5/c1-4-13-28-19-11-5-16(14-20(19)27-3)6-12-21(25)29-15(2)22(26)24-18-9-7-17(23)8-10-18/h4-12,14-15H,1,13H2,2-3H3,(H,24,26)/b12-6+/t15-/m1/s1. The second kappa shape index (κ2) is 10.9. The van der Waals surface area contributed by atoms with E-state index < -0.39 is 18.0 Å². The number of halogens is 1. The van der Waals surface area contributed by atoms with Gasteiger partial charge < -0.3 is 19.5 Å². The van der Waals surface area contributed by atoms with Gasteiger partial charge in [-0.1, -0.05) is 30.3 Å². The Balaban J connectivity index is 1.93. The molecule has 1 atom stereocenters. The number of ether oxygens (including phenoxy) is 3. The van der Waals surface area contributed by atoms with Crippen LogP contribution in [0.25, 0.3) is 6.08 Å². The quantitative estimate of drug-likeness (QED) is 0.371. The fraction of sp³-hybridized carbons (Fsp3) is 0.182. The lowest BCUT2D eigenvalue weighted by Crippen LogP contribution is -2.29.